The molecule has 10 heteroatoms. The zero-order chi connectivity index (χ0) is 20.5. The predicted molar refractivity (Wildman–Crippen MR) is 93.6 cm³/mol. The molecule has 0 unspecified atom stereocenters. The molecule has 0 fully saturated rings. The molecule has 0 saturated heterocycles. The maximum Gasteiger partial charge on any atom is 0.358 e. The third kappa shape index (κ3) is 4.00. The van der Waals surface area contributed by atoms with E-state index in [4.69, 9.17) is 4.74 Å². The van der Waals surface area contributed by atoms with E-state index in [1.807, 2.05) is 0 Å². The minimum absolute atomic E-state index is 0.114. The van der Waals surface area contributed by atoms with Crippen molar-refractivity contribution in [1.29, 1.82) is 0 Å². The highest BCUT2D eigenvalue weighted by Crippen LogP contribution is 2.25. The minimum atomic E-state index is -1.57. The number of carboxylic acids is 1. The second kappa shape index (κ2) is 6.98. The highest BCUT2D eigenvalue weighted by molar-refractivity contribution is 5.90. The molecule has 0 aliphatic rings. The van der Waals surface area contributed by atoms with E-state index in [2.05, 4.69) is 4.98 Å². The summed E-state index contributed by atoms with van der Waals surface area (Å²) < 4.78 is 5.98. The average molecular weight is 375 g/mol. The van der Waals surface area contributed by atoms with Crippen molar-refractivity contribution in [2.75, 3.05) is 0 Å². The van der Waals surface area contributed by atoms with E-state index in [0.29, 0.717) is 0 Å². The topological polar surface area (TPSA) is 142 Å². The third-order valence-electron chi connectivity index (χ3n) is 3.57. The van der Waals surface area contributed by atoms with Crippen LogP contribution in [-0.2, 0) is 11.8 Å². The van der Waals surface area contributed by atoms with Crippen molar-refractivity contribution in [3.05, 3.63) is 50.4 Å². The Balaban J connectivity index is 2.69. The number of nitrogens with zero attached hydrogens (tertiary/aromatic N) is 3. The van der Waals surface area contributed by atoms with E-state index in [1.54, 1.807) is 20.8 Å². The van der Waals surface area contributed by atoms with Gasteiger partial charge in [-0.25, -0.2) is 9.78 Å². The summed E-state index contributed by atoms with van der Waals surface area (Å²) in [5.41, 5.74) is -2.71. The van der Waals surface area contributed by atoms with Gasteiger partial charge in [-0.2, -0.15) is 0 Å². The van der Waals surface area contributed by atoms with Crippen molar-refractivity contribution < 1.29 is 24.4 Å². The molecule has 10 nitrogen and oxygen atoms in total. The first-order chi connectivity index (χ1) is 12.4. The number of non-ortho nitro benzene ring substituents is 1. The van der Waals surface area contributed by atoms with Gasteiger partial charge in [-0.1, -0.05) is 12.1 Å². The van der Waals surface area contributed by atoms with Gasteiger partial charge in [0.2, 0.25) is 5.75 Å². The van der Waals surface area contributed by atoms with E-state index in [1.165, 1.54) is 25.2 Å². The number of nitro groups is 1. The van der Waals surface area contributed by atoms with E-state index in [-0.39, 0.29) is 17.1 Å². The molecule has 0 radical (unpaired) electrons. The van der Waals surface area contributed by atoms with Crippen LogP contribution in [0.3, 0.4) is 0 Å². The lowest BCUT2D eigenvalue weighted by Crippen LogP contribution is -2.32. The molecule has 1 heterocycles. The Hall–Kier alpha value is -3.56. The largest absolute Gasteiger partial charge is 0.476 e. The highest BCUT2D eigenvalue weighted by atomic mass is 16.6. The fraction of sp³-hybridized carbons (Fsp3) is 0.294. The van der Waals surface area contributed by atoms with E-state index in [9.17, 15) is 29.6 Å². The number of carbonyl (C=O) groups excluding carboxylic acids is 1. The Kier molecular flexibility index (Phi) is 5.11. The molecule has 0 aliphatic carbocycles. The number of esters is 1. The summed E-state index contributed by atoms with van der Waals surface area (Å²) in [5.74, 6) is -3.20. The summed E-state index contributed by atoms with van der Waals surface area (Å²) in [6.45, 7) is 4.64. The molecular formula is C17H17N3O7. The van der Waals surface area contributed by atoms with Gasteiger partial charge < -0.3 is 9.84 Å². The van der Waals surface area contributed by atoms with Crippen LogP contribution in [0, 0.1) is 15.5 Å². The number of carbonyl (C=O) groups is 2. The van der Waals surface area contributed by atoms with Crippen molar-refractivity contribution in [2.24, 2.45) is 12.5 Å². The fourth-order valence-corrected chi connectivity index (χ4v) is 2.08. The molecule has 0 amide bonds. The Bertz CT molecular complexity index is 1000. The highest BCUT2D eigenvalue weighted by Gasteiger charge is 2.29. The van der Waals surface area contributed by atoms with Gasteiger partial charge in [0.15, 0.2) is 5.69 Å². The smallest absolute Gasteiger partial charge is 0.358 e. The first kappa shape index (κ1) is 19.8. The maximum atomic E-state index is 12.6. The van der Waals surface area contributed by atoms with Gasteiger partial charge in [0, 0.05) is 24.7 Å². The number of hydrogen-bond donors (Lipinski definition) is 1. The number of nitro benzene ring substituents is 1. The number of rotatable bonds is 4. The monoisotopic (exact) mass is 375 g/mol. The number of carboxylic acid groups (broad SMARTS) is 1. The first-order valence-electron chi connectivity index (χ1n) is 7.75. The lowest BCUT2D eigenvalue weighted by atomic mass is 9.97. The fourth-order valence-electron chi connectivity index (χ4n) is 2.08. The van der Waals surface area contributed by atoms with Crippen molar-refractivity contribution in [1.82, 2.24) is 9.55 Å². The minimum Gasteiger partial charge on any atom is -0.476 e. The summed E-state index contributed by atoms with van der Waals surface area (Å²) in [5, 5.41) is 20.3. The molecule has 2 rings (SSSR count). The van der Waals surface area contributed by atoms with E-state index in [0.717, 1.165) is 10.6 Å². The standard InChI is InChI=1S/C17H17N3O7/c1-17(2,3)16(24)27-12-11(15(22)23)18-13(19(4)14(12)21)9-6-5-7-10(8-9)20(25)26/h5-8H,1-4H3,(H,22,23). The molecule has 27 heavy (non-hydrogen) atoms. The Morgan fingerprint density at radius 2 is 1.93 bits per heavy atom. The van der Waals surface area contributed by atoms with E-state index < -0.39 is 39.3 Å². The van der Waals surface area contributed by atoms with Gasteiger partial charge in [-0.05, 0) is 20.8 Å². The molecule has 0 bridgehead atoms. The zero-order valence-electron chi connectivity index (χ0n) is 15.0. The number of benzene rings is 1. The van der Waals surface area contributed by atoms with Crippen LogP contribution >= 0.6 is 0 Å². The van der Waals surface area contributed by atoms with E-state index >= 15 is 0 Å². The van der Waals surface area contributed by atoms with Crippen molar-refractivity contribution in [3.63, 3.8) is 0 Å². The SMILES string of the molecule is Cn1c(-c2cccc([N+](=O)[O-])c2)nc(C(=O)O)c(OC(=O)C(C)(C)C)c1=O. The summed E-state index contributed by atoms with van der Waals surface area (Å²) >= 11 is 0. The molecule has 1 aromatic heterocycles. The maximum absolute atomic E-state index is 12.6. The number of aromatic nitrogens is 2. The molecule has 1 N–H and O–H groups in total. The van der Waals surface area contributed by atoms with Gasteiger partial charge >= 0.3 is 11.9 Å². The van der Waals surface area contributed by atoms with Crippen LogP contribution < -0.4 is 10.3 Å². The second-order valence-corrected chi connectivity index (χ2v) is 6.73. The van der Waals surface area contributed by atoms with Gasteiger partial charge in [0.05, 0.1) is 10.3 Å². The molecule has 0 aliphatic heterocycles. The molecule has 0 spiro atoms. The third-order valence-corrected chi connectivity index (χ3v) is 3.57. The number of hydrogen-bond acceptors (Lipinski definition) is 7. The summed E-state index contributed by atoms with van der Waals surface area (Å²) in [6, 6.07) is 5.24. The number of ether oxygens (including phenoxy) is 1. The summed E-state index contributed by atoms with van der Waals surface area (Å²) in [4.78, 5) is 50.5. The Morgan fingerprint density at radius 3 is 2.44 bits per heavy atom. The molecule has 1 aromatic carbocycles. The average Bonchev–Trinajstić information content (AvgIpc) is 2.58. The van der Waals surface area contributed by atoms with Gasteiger partial charge in [0.25, 0.3) is 11.2 Å². The lowest BCUT2D eigenvalue weighted by molar-refractivity contribution is -0.384. The van der Waals surface area contributed by atoms with Crippen molar-refractivity contribution in [3.8, 4) is 17.1 Å². The van der Waals surface area contributed by atoms with Crippen LogP contribution in [0.15, 0.2) is 29.1 Å². The van der Waals surface area contributed by atoms with Gasteiger partial charge in [0.1, 0.15) is 5.82 Å². The van der Waals surface area contributed by atoms with Crippen molar-refractivity contribution in [2.45, 2.75) is 20.8 Å². The van der Waals surface area contributed by atoms with Crippen LogP contribution in [-0.4, -0.2) is 31.5 Å². The molecule has 142 valence electrons. The predicted octanol–water partition coefficient (Wildman–Crippen LogP) is 2.01. The first-order valence-corrected chi connectivity index (χ1v) is 7.75. The van der Waals surface area contributed by atoms with Crippen LogP contribution in [0.5, 0.6) is 5.75 Å². The molecular weight excluding hydrogens is 358 g/mol. The lowest BCUT2D eigenvalue weighted by Gasteiger charge is -2.18. The van der Waals surface area contributed by atoms with Crippen molar-refractivity contribution >= 4 is 17.6 Å². The quantitative estimate of drug-likeness (QED) is 0.486. The molecule has 0 saturated carbocycles. The van der Waals surface area contributed by atoms with Crippen LogP contribution in [0.25, 0.3) is 11.4 Å². The molecule has 0 atom stereocenters. The summed E-state index contributed by atoms with van der Waals surface area (Å²) in [7, 11) is 1.30. The summed E-state index contributed by atoms with van der Waals surface area (Å²) in [6.07, 6.45) is 0. The normalized spacial score (nSPS) is 11.1. The van der Waals surface area contributed by atoms with Crippen LogP contribution in [0.2, 0.25) is 0 Å². The number of aromatic carboxylic acids is 1. The zero-order valence-corrected chi connectivity index (χ0v) is 15.0. The van der Waals surface area contributed by atoms with Gasteiger partial charge in [-0.15, -0.1) is 0 Å². The van der Waals surface area contributed by atoms with Gasteiger partial charge in [-0.3, -0.25) is 24.3 Å². The second-order valence-electron chi connectivity index (χ2n) is 6.73. The van der Waals surface area contributed by atoms with Crippen LogP contribution in [0.1, 0.15) is 31.3 Å². The Labute approximate surface area is 153 Å². The Morgan fingerprint density at radius 1 is 1.30 bits per heavy atom. The van der Waals surface area contributed by atoms with Crippen LogP contribution in [0.4, 0.5) is 5.69 Å². The molecule has 2 aromatic rings.